The third-order valence-corrected chi connectivity index (χ3v) is 4.34. The van der Waals surface area contributed by atoms with Crippen molar-refractivity contribution < 1.29 is 9.90 Å². The summed E-state index contributed by atoms with van der Waals surface area (Å²) >= 11 is 0. The average Bonchev–Trinajstić information content (AvgIpc) is 3.04. The highest BCUT2D eigenvalue weighted by Crippen LogP contribution is 2.13. The van der Waals surface area contributed by atoms with Gasteiger partial charge in [-0.2, -0.15) is 0 Å². The van der Waals surface area contributed by atoms with Crippen molar-refractivity contribution in [1.29, 1.82) is 0 Å². The summed E-state index contributed by atoms with van der Waals surface area (Å²) in [5.41, 5.74) is 3.36. The zero-order valence-corrected chi connectivity index (χ0v) is 15.0. The lowest BCUT2D eigenvalue weighted by molar-refractivity contribution is -0.131. The molecule has 2 rings (SSSR count). The van der Waals surface area contributed by atoms with Crippen LogP contribution in [0.1, 0.15) is 62.3 Å². The van der Waals surface area contributed by atoms with E-state index in [-0.39, 0.29) is 0 Å². The van der Waals surface area contributed by atoms with E-state index < -0.39 is 5.97 Å². The van der Waals surface area contributed by atoms with Gasteiger partial charge >= 0.3 is 5.97 Å². The predicted octanol–water partition coefficient (Wildman–Crippen LogP) is 4.93. The van der Waals surface area contributed by atoms with Crippen LogP contribution in [0, 0.1) is 0 Å². The molecule has 0 atom stereocenters. The Balaban J connectivity index is 1.84. The van der Waals surface area contributed by atoms with Crippen molar-refractivity contribution in [1.82, 2.24) is 9.55 Å². The zero-order valence-electron chi connectivity index (χ0n) is 15.0. The summed E-state index contributed by atoms with van der Waals surface area (Å²) in [5, 5.41) is 8.67. The topological polar surface area (TPSA) is 55.1 Å². The van der Waals surface area contributed by atoms with E-state index in [0.29, 0.717) is 0 Å². The molecule has 1 aromatic carbocycles. The molecule has 0 radical (unpaired) electrons. The van der Waals surface area contributed by atoms with Gasteiger partial charge in [0.25, 0.3) is 0 Å². The number of imidazole rings is 1. The number of hydrogen-bond acceptors (Lipinski definition) is 2. The van der Waals surface area contributed by atoms with E-state index in [9.17, 15) is 4.79 Å². The number of aromatic nitrogens is 2. The molecule has 0 saturated carbocycles. The predicted molar refractivity (Wildman–Crippen MR) is 102 cm³/mol. The van der Waals surface area contributed by atoms with Crippen molar-refractivity contribution in [3.63, 3.8) is 0 Å². The second-order valence-electron chi connectivity index (χ2n) is 6.44. The highest BCUT2D eigenvalue weighted by molar-refractivity contribution is 5.85. The van der Waals surface area contributed by atoms with Gasteiger partial charge in [0.1, 0.15) is 0 Å². The molecule has 1 N–H and O–H groups in total. The first-order chi connectivity index (χ1) is 12.2. The van der Waals surface area contributed by atoms with E-state index in [1.165, 1.54) is 49.8 Å². The lowest BCUT2D eigenvalue weighted by Gasteiger charge is -2.09. The molecule has 2 aromatic rings. The third kappa shape index (κ3) is 6.96. The first-order valence-corrected chi connectivity index (χ1v) is 9.18. The van der Waals surface area contributed by atoms with Gasteiger partial charge in [-0.15, -0.1) is 0 Å². The van der Waals surface area contributed by atoms with Gasteiger partial charge in [0.15, 0.2) is 0 Å². The van der Waals surface area contributed by atoms with E-state index in [1.54, 1.807) is 6.08 Å². The third-order valence-electron chi connectivity index (χ3n) is 4.34. The van der Waals surface area contributed by atoms with Crippen LogP contribution in [0.3, 0.4) is 0 Å². The van der Waals surface area contributed by atoms with Crippen LogP contribution in [0.25, 0.3) is 6.08 Å². The molecule has 0 unspecified atom stereocenters. The average molecular weight is 340 g/mol. The summed E-state index contributed by atoms with van der Waals surface area (Å²) in [4.78, 5) is 14.9. The number of carboxylic acid groups (broad SMARTS) is 1. The Labute approximate surface area is 150 Å². The maximum Gasteiger partial charge on any atom is 0.328 e. The summed E-state index contributed by atoms with van der Waals surface area (Å²) in [6, 6.07) is 7.96. The Hall–Kier alpha value is -2.36. The number of aryl methyl sites for hydroxylation is 1. The molecule has 134 valence electrons. The number of aliphatic carboxylic acids is 1. The minimum atomic E-state index is -0.929. The molecule has 0 aliphatic heterocycles. The highest BCUT2D eigenvalue weighted by Gasteiger charge is 2.03. The maximum atomic E-state index is 10.6. The Morgan fingerprint density at radius 3 is 2.56 bits per heavy atom. The smallest absolute Gasteiger partial charge is 0.328 e. The SMILES string of the molecule is CCCCCCCCc1cncn1Cc1ccc(/C=C/C(=O)O)cc1. The fourth-order valence-corrected chi connectivity index (χ4v) is 2.88. The van der Waals surface area contributed by atoms with Crippen LogP contribution in [0.4, 0.5) is 0 Å². The van der Waals surface area contributed by atoms with Gasteiger partial charge in [0.2, 0.25) is 0 Å². The van der Waals surface area contributed by atoms with Crippen LogP contribution in [0.2, 0.25) is 0 Å². The van der Waals surface area contributed by atoms with Crippen molar-refractivity contribution >= 4 is 12.0 Å². The van der Waals surface area contributed by atoms with Gasteiger partial charge in [-0.25, -0.2) is 9.78 Å². The molecule has 1 aromatic heterocycles. The molecular weight excluding hydrogens is 312 g/mol. The lowest BCUT2D eigenvalue weighted by Crippen LogP contribution is -2.03. The van der Waals surface area contributed by atoms with Crippen molar-refractivity contribution in [2.45, 2.75) is 58.4 Å². The van der Waals surface area contributed by atoms with Gasteiger partial charge in [0.05, 0.1) is 6.33 Å². The van der Waals surface area contributed by atoms with Crippen molar-refractivity contribution in [2.24, 2.45) is 0 Å². The normalized spacial score (nSPS) is 11.2. The summed E-state index contributed by atoms with van der Waals surface area (Å²) in [6.07, 6.45) is 15.5. The minimum Gasteiger partial charge on any atom is -0.478 e. The number of unbranched alkanes of at least 4 members (excludes halogenated alkanes) is 5. The fraction of sp³-hybridized carbons (Fsp3) is 0.429. The number of carbonyl (C=O) groups is 1. The van der Waals surface area contributed by atoms with E-state index in [2.05, 4.69) is 16.5 Å². The second kappa shape index (κ2) is 10.5. The van der Waals surface area contributed by atoms with E-state index >= 15 is 0 Å². The molecule has 25 heavy (non-hydrogen) atoms. The van der Waals surface area contributed by atoms with Crippen LogP contribution >= 0.6 is 0 Å². The first kappa shape index (κ1) is 19.0. The van der Waals surface area contributed by atoms with Crippen molar-refractivity contribution in [3.05, 3.63) is 59.7 Å². The molecule has 1 heterocycles. The van der Waals surface area contributed by atoms with Gasteiger partial charge in [-0.05, 0) is 30.0 Å². The number of hydrogen-bond donors (Lipinski definition) is 1. The van der Waals surface area contributed by atoms with E-state index in [4.69, 9.17) is 5.11 Å². The van der Waals surface area contributed by atoms with Gasteiger partial charge in [-0.1, -0.05) is 63.3 Å². The Bertz CT molecular complexity index is 671. The van der Waals surface area contributed by atoms with E-state index in [0.717, 1.165) is 24.6 Å². The van der Waals surface area contributed by atoms with Gasteiger partial charge in [0, 0.05) is 24.5 Å². The molecule has 0 aliphatic rings. The number of carboxylic acids is 1. The molecule has 0 spiro atoms. The van der Waals surface area contributed by atoms with Crippen LogP contribution in [-0.2, 0) is 17.8 Å². The number of nitrogens with zero attached hydrogens (tertiary/aromatic N) is 2. The highest BCUT2D eigenvalue weighted by atomic mass is 16.4. The van der Waals surface area contributed by atoms with Crippen LogP contribution < -0.4 is 0 Å². The molecule has 0 amide bonds. The largest absolute Gasteiger partial charge is 0.478 e. The zero-order chi connectivity index (χ0) is 17.9. The summed E-state index contributed by atoms with van der Waals surface area (Å²) < 4.78 is 2.20. The summed E-state index contributed by atoms with van der Waals surface area (Å²) in [6.45, 7) is 3.04. The molecule has 4 heteroatoms. The van der Waals surface area contributed by atoms with Crippen LogP contribution in [0.15, 0.2) is 42.9 Å². The molecule has 0 aliphatic carbocycles. The first-order valence-electron chi connectivity index (χ1n) is 9.18. The Kier molecular flexibility index (Phi) is 7.96. The molecular formula is C21H28N2O2. The van der Waals surface area contributed by atoms with Gasteiger partial charge in [-0.3, -0.25) is 0 Å². The Morgan fingerprint density at radius 2 is 1.84 bits per heavy atom. The monoisotopic (exact) mass is 340 g/mol. The van der Waals surface area contributed by atoms with Gasteiger partial charge < -0.3 is 9.67 Å². The second-order valence-corrected chi connectivity index (χ2v) is 6.44. The quantitative estimate of drug-likeness (QED) is 0.466. The molecule has 0 saturated heterocycles. The van der Waals surface area contributed by atoms with Crippen molar-refractivity contribution in [2.75, 3.05) is 0 Å². The maximum absolute atomic E-state index is 10.6. The van der Waals surface area contributed by atoms with Crippen molar-refractivity contribution in [3.8, 4) is 0 Å². The minimum absolute atomic E-state index is 0.800. The Morgan fingerprint density at radius 1 is 1.12 bits per heavy atom. The van der Waals surface area contributed by atoms with Crippen LogP contribution in [-0.4, -0.2) is 20.6 Å². The number of rotatable bonds is 11. The molecule has 4 nitrogen and oxygen atoms in total. The molecule has 0 bridgehead atoms. The van der Waals surface area contributed by atoms with Crippen LogP contribution in [0.5, 0.6) is 0 Å². The number of benzene rings is 1. The lowest BCUT2D eigenvalue weighted by atomic mass is 10.1. The molecule has 0 fully saturated rings. The van der Waals surface area contributed by atoms with E-state index in [1.807, 2.05) is 36.8 Å². The standard InChI is InChI=1S/C21H28N2O2/c1-2-3-4-5-6-7-8-20-15-22-17-23(20)16-19-11-9-18(10-12-19)13-14-21(24)25/h9-15,17H,2-8,16H2,1H3,(H,24,25)/b14-13+. The fourth-order valence-electron chi connectivity index (χ4n) is 2.88. The summed E-state index contributed by atoms with van der Waals surface area (Å²) in [5.74, 6) is -0.929. The summed E-state index contributed by atoms with van der Waals surface area (Å²) in [7, 11) is 0.